The number of rotatable bonds is 4. The number of halogens is 2. The van der Waals surface area contributed by atoms with Crippen molar-refractivity contribution in [1.82, 2.24) is 0 Å². The van der Waals surface area contributed by atoms with Crippen molar-refractivity contribution in [3.8, 4) is 0 Å². The van der Waals surface area contributed by atoms with E-state index in [-0.39, 0.29) is 4.84 Å². The Bertz CT molecular complexity index is 96.8. The fourth-order valence-electron chi connectivity index (χ4n) is 0.720. The highest BCUT2D eigenvalue weighted by Crippen LogP contribution is 2.23. The molecule has 0 N–H and O–H groups in total. The Kier molecular flexibility index (Phi) is 5.84. The third-order valence-corrected chi connectivity index (χ3v) is 3.36. The van der Waals surface area contributed by atoms with Crippen molar-refractivity contribution in [2.24, 2.45) is 0 Å². The highest BCUT2D eigenvalue weighted by Gasteiger charge is 2.10. The Balaban J connectivity index is 3.15. The van der Waals surface area contributed by atoms with Crippen molar-refractivity contribution in [3.05, 3.63) is 0 Å². The van der Waals surface area contributed by atoms with E-state index < -0.39 is 0 Å². The first-order valence-electron chi connectivity index (χ1n) is 3.95. The minimum Gasteiger partial charge on any atom is -0.105 e. The van der Waals surface area contributed by atoms with E-state index in [0.717, 1.165) is 22.4 Å². The lowest BCUT2D eigenvalue weighted by Crippen LogP contribution is -2.07. The highest BCUT2D eigenvalue weighted by atomic mass is 35.5. The maximum atomic E-state index is 5.60. The Hall–Kier alpha value is 0.797. The minimum atomic E-state index is -0.167. The van der Waals surface area contributed by atoms with Gasteiger partial charge >= 0.3 is 0 Å². The fraction of sp³-hybridized carbons (Fsp3) is 1.00. The lowest BCUT2D eigenvalue weighted by atomic mass is 10.2. The first kappa shape index (κ1) is 11.8. The van der Waals surface area contributed by atoms with Gasteiger partial charge in [-0.05, 0) is 11.5 Å². The van der Waals surface area contributed by atoms with Crippen LogP contribution in [0.15, 0.2) is 0 Å². The fourth-order valence-corrected chi connectivity index (χ4v) is 2.16. The summed E-state index contributed by atoms with van der Waals surface area (Å²) in [6, 6.07) is 1.26. The van der Waals surface area contributed by atoms with Crippen LogP contribution in [0.3, 0.4) is 0 Å². The molecule has 0 heterocycles. The maximum Gasteiger partial charge on any atom is 0.107 e. The van der Waals surface area contributed by atoms with Crippen LogP contribution in [0.2, 0.25) is 11.1 Å². The van der Waals surface area contributed by atoms with Crippen molar-refractivity contribution in [2.45, 2.75) is 49.5 Å². The number of alkyl halides is 2. The lowest BCUT2D eigenvalue weighted by molar-refractivity contribution is 0.736. The lowest BCUT2D eigenvalue weighted by Gasteiger charge is -2.16. The summed E-state index contributed by atoms with van der Waals surface area (Å²) in [7, 11) is 1.02. The first-order valence-corrected chi connectivity index (χ1v) is 6.03. The van der Waals surface area contributed by atoms with E-state index in [4.69, 9.17) is 23.2 Å². The van der Waals surface area contributed by atoms with Gasteiger partial charge in [0.2, 0.25) is 0 Å². The van der Waals surface area contributed by atoms with Gasteiger partial charge in [-0.15, -0.1) is 23.2 Å². The summed E-state index contributed by atoms with van der Waals surface area (Å²) in [4.78, 5) is -0.167. The van der Waals surface area contributed by atoms with Gasteiger partial charge < -0.3 is 0 Å². The average molecular weight is 211 g/mol. The van der Waals surface area contributed by atoms with Crippen LogP contribution >= 0.6 is 23.2 Å². The van der Waals surface area contributed by atoms with Crippen LogP contribution in [0, 0.1) is 0 Å². The zero-order valence-electron chi connectivity index (χ0n) is 7.45. The predicted molar refractivity (Wildman–Crippen MR) is 55.0 cm³/mol. The Morgan fingerprint density at radius 1 is 1.27 bits per heavy atom. The molecule has 0 saturated heterocycles. The van der Waals surface area contributed by atoms with Gasteiger partial charge in [0.25, 0.3) is 0 Å². The SMILES string of the molecule is CC(C)(C)[Si]CCCC(Cl)Cl. The van der Waals surface area contributed by atoms with Crippen LogP contribution in [-0.4, -0.2) is 14.4 Å². The van der Waals surface area contributed by atoms with Gasteiger partial charge in [-0.2, -0.15) is 0 Å². The minimum absolute atomic E-state index is 0.167. The van der Waals surface area contributed by atoms with Crippen LogP contribution in [0.25, 0.3) is 0 Å². The molecule has 0 fully saturated rings. The van der Waals surface area contributed by atoms with Gasteiger partial charge in [0, 0.05) is 9.52 Å². The molecule has 11 heavy (non-hydrogen) atoms. The van der Waals surface area contributed by atoms with Gasteiger partial charge in [-0.1, -0.05) is 33.2 Å². The van der Waals surface area contributed by atoms with Crippen molar-refractivity contribution in [1.29, 1.82) is 0 Å². The molecular weight excluding hydrogens is 195 g/mol. The van der Waals surface area contributed by atoms with Gasteiger partial charge in [0.05, 0.1) is 0 Å². The molecule has 0 aliphatic heterocycles. The standard InChI is InChI=1S/C8H16Cl2Si/c1-8(2,3)11-6-4-5-7(9)10/h7H,4-6H2,1-3H3. The summed E-state index contributed by atoms with van der Waals surface area (Å²) < 4.78 is 0. The summed E-state index contributed by atoms with van der Waals surface area (Å²) in [6.45, 7) is 6.80. The van der Waals surface area contributed by atoms with Crippen LogP contribution in [-0.2, 0) is 0 Å². The normalized spacial score (nSPS) is 12.5. The molecule has 0 spiro atoms. The van der Waals surface area contributed by atoms with Crippen molar-refractivity contribution >= 4 is 32.7 Å². The molecule has 66 valence electrons. The summed E-state index contributed by atoms with van der Waals surface area (Å²) in [5.41, 5.74) is 0. The summed E-state index contributed by atoms with van der Waals surface area (Å²) in [5.74, 6) is 0. The molecule has 0 aliphatic rings. The molecule has 2 radical (unpaired) electrons. The molecule has 0 aromatic heterocycles. The quantitative estimate of drug-likeness (QED) is 0.375. The molecule has 3 heteroatoms. The molecule has 0 aromatic carbocycles. The molecular formula is C8H16Cl2Si. The monoisotopic (exact) mass is 210 g/mol. The van der Waals surface area contributed by atoms with Gasteiger partial charge in [-0.3, -0.25) is 0 Å². The second kappa shape index (κ2) is 5.44. The zero-order valence-corrected chi connectivity index (χ0v) is 9.97. The van der Waals surface area contributed by atoms with Gasteiger partial charge in [0.1, 0.15) is 4.84 Å². The average Bonchev–Trinajstić information content (AvgIpc) is 1.78. The third kappa shape index (κ3) is 10.8. The largest absolute Gasteiger partial charge is 0.107 e. The Morgan fingerprint density at radius 3 is 2.18 bits per heavy atom. The second-order valence-corrected chi connectivity index (χ2v) is 7.34. The van der Waals surface area contributed by atoms with E-state index in [1.54, 1.807) is 0 Å². The molecule has 0 aromatic rings. The highest BCUT2D eigenvalue weighted by molar-refractivity contribution is 6.44. The molecule has 0 rings (SSSR count). The van der Waals surface area contributed by atoms with Crippen molar-refractivity contribution in [2.75, 3.05) is 0 Å². The first-order chi connectivity index (χ1) is 4.92. The third-order valence-electron chi connectivity index (χ3n) is 1.25. The second-order valence-electron chi connectivity index (χ2n) is 3.71. The van der Waals surface area contributed by atoms with E-state index in [0.29, 0.717) is 5.04 Å². The predicted octanol–water partition coefficient (Wildman–Crippen LogP) is 3.91. The molecule has 0 bridgehead atoms. The topological polar surface area (TPSA) is 0 Å². The Morgan fingerprint density at radius 2 is 1.82 bits per heavy atom. The van der Waals surface area contributed by atoms with Gasteiger partial charge in [0.15, 0.2) is 0 Å². The van der Waals surface area contributed by atoms with Crippen LogP contribution in [0.1, 0.15) is 33.6 Å². The maximum absolute atomic E-state index is 5.60. The van der Waals surface area contributed by atoms with E-state index in [2.05, 4.69) is 20.8 Å². The summed E-state index contributed by atoms with van der Waals surface area (Å²) in [6.07, 6.45) is 2.10. The van der Waals surface area contributed by atoms with Gasteiger partial charge in [-0.25, -0.2) is 0 Å². The van der Waals surface area contributed by atoms with Crippen LogP contribution in [0.4, 0.5) is 0 Å². The number of hydrogen-bond donors (Lipinski definition) is 0. The van der Waals surface area contributed by atoms with E-state index in [1.165, 1.54) is 6.04 Å². The zero-order chi connectivity index (χ0) is 8.91. The Labute approximate surface area is 82.5 Å². The van der Waals surface area contributed by atoms with Crippen molar-refractivity contribution < 1.29 is 0 Å². The van der Waals surface area contributed by atoms with E-state index in [1.807, 2.05) is 0 Å². The molecule has 0 unspecified atom stereocenters. The molecule has 0 amide bonds. The van der Waals surface area contributed by atoms with Crippen LogP contribution < -0.4 is 0 Å². The molecule has 0 atom stereocenters. The smallest absolute Gasteiger partial charge is 0.105 e. The molecule has 0 aliphatic carbocycles. The van der Waals surface area contributed by atoms with E-state index >= 15 is 0 Å². The van der Waals surface area contributed by atoms with Crippen LogP contribution in [0.5, 0.6) is 0 Å². The molecule has 0 nitrogen and oxygen atoms in total. The molecule has 0 saturated carbocycles. The summed E-state index contributed by atoms with van der Waals surface area (Å²) >= 11 is 11.2. The van der Waals surface area contributed by atoms with E-state index in [9.17, 15) is 0 Å². The van der Waals surface area contributed by atoms with Crippen molar-refractivity contribution in [3.63, 3.8) is 0 Å². The summed E-state index contributed by atoms with van der Waals surface area (Å²) in [5, 5.41) is 0.480. The number of hydrogen-bond acceptors (Lipinski definition) is 0.